The Labute approximate surface area is 134 Å². The number of hydrogen-bond donors (Lipinski definition) is 1. The van der Waals surface area contributed by atoms with Crippen molar-refractivity contribution in [3.63, 3.8) is 0 Å². The minimum absolute atomic E-state index is 0.239. The van der Waals surface area contributed by atoms with E-state index in [2.05, 4.69) is 22.3 Å². The summed E-state index contributed by atoms with van der Waals surface area (Å²) in [7, 11) is 0. The number of nitrogens with one attached hydrogen (secondary N) is 1. The molecule has 2 aromatic rings. The number of amides is 2. The predicted molar refractivity (Wildman–Crippen MR) is 87.4 cm³/mol. The van der Waals surface area contributed by atoms with Crippen molar-refractivity contribution in [3.05, 3.63) is 47.0 Å². The molecule has 2 aromatic carbocycles. The summed E-state index contributed by atoms with van der Waals surface area (Å²) in [5, 5.41) is 4.33. The molecule has 4 aliphatic heterocycles. The fraction of sp³-hybridized carbons (Fsp3) is 0.368. The van der Waals surface area contributed by atoms with E-state index < -0.39 is 0 Å². The molecule has 0 aliphatic carbocycles. The third-order valence-corrected chi connectivity index (χ3v) is 5.78. The van der Waals surface area contributed by atoms with Gasteiger partial charge >= 0.3 is 0 Å². The number of carbonyl (C=O) groups is 2. The molecule has 4 heteroatoms. The van der Waals surface area contributed by atoms with Crippen molar-refractivity contribution < 1.29 is 9.59 Å². The molecule has 1 atom stereocenters. The lowest BCUT2D eigenvalue weighted by molar-refractivity contribution is 0.0483. The van der Waals surface area contributed by atoms with Crippen molar-refractivity contribution >= 4 is 22.6 Å². The van der Waals surface area contributed by atoms with E-state index in [9.17, 15) is 9.59 Å². The van der Waals surface area contributed by atoms with Gasteiger partial charge in [-0.1, -0.05) is 24.3 Å². The molecule has 1 N–H and O–H groups in total. The van der Waals surface area contributed by atoms with E-state index in [4.69, 9.17) is 0 Å². The SMILES string of the molecule is O=C1NC(=O)c2c(C3CC4CCN3CC4)ccc3cccc1c23. The van der Waals surface area contributed by atoms with Crippen molar-refractivity contribution in [2.45, 2.75) is 25.3 Å². The average Bonchev–Trinajstić information content (AvgIpc) is 2.60. The summed E-state index contributed by atoms with van der Waals surface area (Å²) in [5.41, 5.74) is 2.43. The van der Waals surface area contributed by atoms with Gasteiger partial charge in [-0.15, -0.1) is 0 Å². The fourth-order valence-electron chi connectivity index (χ4n) is 4.63. The number of rotatable bonds is 1. The number of nitrogens with zero attached hydrogens (tertiary/aromatic N) is 1. The van der Waals surface area contributed by atoms with Crippen LogP contribution in [0.2, 0.25) is 0 Å². The number of piperidine rings is 3. The summed E-state index contributed by atoms with van der Waals surface area (Å²) in [6, 6.07) is 10.1. The molecule has 2 amide bonds. The largest absolute Gasteiger partial charge is 0.296 e. The molecule has 4 nitrogen and oxygen atoms in total. The van der Waals surface area contributed by atoms with Crippen LogP contribution in [-0.2, 0) is 0 Å². The van der Waals surface area contributed by atoms with Gasteiger partial charge in [0.25, 0.3) is 11.8 Å². The summed E-state index contributed by atoms with van der Waals surface area (Å²) < 4.78 is 0. The molecular weight excluding hydrogens is 288 g/mol. The third-order valence-electron chi connectivity index (χ3n) is 5.78. The van der Waals surface area contributed by atoms with E-state index in [0.29, 0.717) is 11.6 Å². The van der Waals surface area contributed by atoms with Crippen LogP contribution in [0, 0.1) is 5.92 Å². The maximum Gasteiger partial charge on any atom is 0.259 e. The zero-order valence-electron chi connectivity index (χ0n) is 12.8. The fourth-order valence-corrected chi connectivity index (χ4v) is 4.63. The lowest BCUT2D eigenvalue weighted by Crippen LogP contribution is -2.45. The van der Waals surface area contributed by atoms with Crippen LogP contribution in [0.5, 0.6) is 0 Å². The molecule has 2 bridgehead atoms. The Balaban J connectivity index is 1.76. The zero-order valence-corrected chi connectivity index (χ0v) is 12.8. The molecule has 23 heavy (non-hydrogen) atoms. The molecule has 4 heterocycles. The second kappa shape index (κ2) is 4.65. The zero-order chi connectivity index (χ0) is 15.6. The topological polar surface area (TPSA) is 49.4 Å². The maximum absolute atomic E-state index is 12.6. The van der Waals surface area contributed by atoms with Gasteiger partial charge in [0.05, 0.1) is 5.56 Å². The third kappa shape index (κ3) is 1.81. The Bertz CT molecular complexity index is 850. The first-order valence-electron chi connectivity index (χ1n) is 8.38. The number of benzene rings is 2. The summed E-state index contributed by atoms with van der Waals surface area (Å²) >= 11 is 0. The Hall–Kier alpha value is -2.20. The number of imide groups is 1. The predicted octanol–water partition coefficient (Wildman–Crippen LogP) is 2.88. The van der Waals surface area contributed by atoms with Crippen molar-refractivity contribution in [1.82, 2.24) is 10.2 Å². The normalized spacial score (nSPS) is 29.0. The van der Waals surface area contributed by atoms with Crippen LogP contribution in [0.3, 0.4) is 0 Å². The smallest absolute Gasteiger partial charge is 0.259 e. The van der Waals surface area contributed by atoms with Crippen molar-refractivity contribution in [2.75, 3.05) is 13.1 Å². The van der Waals surface area contributed by atoms with E-state index in [0.717, 1.165) is 47.3 Å². The second-order valence-electron chi connectivity index (χ2n) is 6.95. The summed E-state index contributed by atoms with van der Waals surface area (Å²) in [6.45, 7) is 2.24. The molecule has 1 unspecified atom stereocenters. The van der Waals surface area contributed by atoms with Gasteiger partial charge in [0, 0.05) is 17.0 Å². The molecule has 3 saturated heterocycles. The van der Waals surface area contributed by atoms with E-state index in [1.165, 1.54) is 12.8 Å². The van der Waals surface area contributed by atoms with Gasteiger partial charge in [-0.25, -0.2) is 0 Å². The highest BCUT2D eigenvalue weighted by molar-refractivity contribution is 6.26. The van der Waals surface area contributed by atoms with Gasteiger partial charge in [0.2, 0.25) is 0 Å². The van der Waals surface area contributed by atoms with E-state index in [1.807, 2.05) is 18.2 Å². The molecule has 0 radical (unpaired) electrons. The Kier molecular flexibility index (Phi) is 2.68. The first-order valence-corrected chi connectivity index (χ1v) is 8.38. The summed E-state index contributed by atoms with van der Waals surface area (Å²) in [5.74, 6) is 0.254. The molecule has 0 spiro atoms. The van der Waals surface area contributed by atoms with Crippen LogP contribution in [0.15, 0.2) is 30.3 Å². The molecule has 3 fully saturated rings. The monoisotopic (exact) mass is 306 g/mol. The molecule has 6 rings (SSSR count). The van der Waals surface area contributed by atoms with Crippen LogP contribution in [0.4, 0.5) is 0 Å². The number of fused-ring (bicyclic) bond motifs is 3. The number of carbonyl (C=O) groups excluding carboxylic acids is 2. The molecular formula is C19H18N2O2. The van der Waals surface area contributed by atoms with Crippen LogP contribution in [-0.4, -0.2) is 29.8 Å². The lowest BCUT2D eigenvalue weighted by atomic mass is 9.78. The van der Waals surface area contributed by atoms with E-state index >= 15 is 0 Å². The molecule has 116 valence electrons. The quantitative estimate of drug-likeness (QED) is 0.824. The Morgan fingerprint density at radius 3 is 2.57 bits per heavy atom. The highest BCUT2D eigenvalue weighted by Gasteiger charge is 2.38. The van der Waals surface area contributed by atoms with Gasteiger partial charge in [0.1, 0.15) is 0 Å². The van der Waals surface area contributed by atoms with Gasteiger partial charge in [-0.3, -0.25) is 19.8 Å². The summed E-state index contributed by atoms with van der Waals surface area (Å²) in [4.78, 5) is 27.3. The number of hydrogen-bond acceptors (Lipinski definition) is 3. The average molecular weight is 306 g/mol. The first kappa shape index (κ1) is 13.3. The molecule has 4 aliphatic rings. The van der Waals surface area contributed by atoms with Crippen molar-refractivity contribution in [2.24, 2.45) is 5.92 Å². The Morgan fingerprint density at radius 1 is 1.00 bits per heavy atom. The van der Waals surface area contributed by atoms with Crippen LogP contribution in [0.25, 0.3) is 10.8 Å². The molecule has 0 saturated carbocycles. The van der Waals surface area contributed by atoms with Crippen molar-refractivity contribution in [1.29, 1.82) is 0 Å². The minimum atomic E-state index is -0.282. The highest BCUT2D eigenvalue weighted by Crippen LogP contribution is 2.43. The van der Waals surface area contributed by atoms with Gasteiger partial charge in [-0.2, -0.15) is 0 Å². The minimum Gasteiger partial charge on any atom is -0.296 e. The van der Waals surface area contributed by atoms with E-state index in [-0.39, 0.29) is 11.8 Å². The van der Waals surface area contributed by atoms with Gasteiger partial charge in [0.15, 0.2) is 0 Å². The molecule has 0 aromatic heterocycles. The van der Waals surface area contributed by atoms with Gasteiger partial charge in [-0.05, 0) is 55.3 Å². The van der Waals surface area contributed by atoms with Crippen LogP contribution < -0.4 is 5.32 Å². The summed E-state index contributed by atoms with van der Waals surface area (Å²) in [6.07, 6.45) is 3.67. The lowest BCUT2D eigenvalue weighted by Gasteiger charge is -2.46. The van der Waals surface area contributed by atoms with Crippen molar-refractivity contribution in [3.8, 4) is 0 Å². The first-order chi connectivity index (χ1) is 11.2. The van der Waals surface area contributed by atoms with E-state index in [1.54, 1.807) is 0 Å². The second-order valence-corrected chi connectivity index (χ2v) is 6.95. The standard InChI is InChI=1S/C19H18N2O2/c22-18-14-3-1-2-12-4-5-13(17(16(12)14)19(23)20-18)15-10-11-6-8-21(15)9-7-11/h1-5,11,15H,6-10H2,(H,20,22,23). The Morgan fingerprint density at radius 2 is 1.83 bits per heavy atom. The van der Waals surface area contributed by atoms with Crippen LogP contribution >= 0.6 is 0 Å². The van der Waals surface area contributed by atoms with Gasteiger partial charge < -0.3 is 0 Å². The highest BCUT2D eigenvalue weighted by atomic mass is 16.2. The maximum atomic E-state index is 12.6. The van der Waals surface area contributed by atoms with Crippen LogP contribution in [0.1, 0.15) is 51.6 Å².